The molecule has 8 heteroatoms. The number of carbonyl (C=O) groups excluding carboxylic acids is 2. The van der Waals surface area contributed by atoms with Gasteiger partial charge in [0.25, 0.3) is 11.8 Å². The zero-order valence-corrected chi connectivity index (χ0v) is 23.9. The van der Waals surface area contributed by atoms with Crippen molar-refractivity contribution in [3.63, 3.8) is 0 Å². The molecule has 4 aromatic rings. The molecule has 1 unspecified atom stereocenters. The molecule has 6 rings (SSSR count). The van der Waals surface area contributed by atoms with Crippen LogP contribution in [0.3, 0.4) is 0 Å². The molecule has 1 atom stereocenters. The van der Waals surface area contributed by atoms with Crippen molar-refractivity contribution >= 4 is 17.8 Å². The van der Waals surface area contributed by atoms with Gasteiger partial charge < -0.3 is 10.2 Å². The molecule has 2 N–H and O–H groups in total. The zero-order valence-electron chi connectivity index (χ0n) is 23.9. The number of fused-ring (bicyclic) bond motifs is 1. The monoisotopic (exact) mass is 558 g/mol. The summed E-state index contributed by atoms with van der Waals surface area (Å²) >= 11 is 0. The molecule has 1 saturated heterocycles. The van der Waals surface area contributed by atoms with Gasteiger partial charge in [0, 0.05) is 30.7 Å². The molecule has 0 spiro atoms. The summed E-state index contributed by atoms with van der Waals surface area (Å²) in [5, 5.41) is 12.1. The molecule has 2 aliphatic rings. The Morgan fingerprint density at radius 3 is 2.60 bits per heavy atom. The lowest BCUT2D eigenvalue weighted by Gasteiger charge is -2.29. The maximum atomic E-state index is 14.3. The molecule has 0 radical (unpaired) electrons. The fraction of sp³-hybridized carbons (Fsp3) is 0.265. The number of rotatable bonds is 8. The minimum Gasteiger partial charge on any atom is -0.338 e. The van der Waals surface area contributed by atoms with Crippen LogP contribution in [0.2, 0.25) is 0 Å². The second kappa shape index (κ2) is 11.2. The minimum atomic E-state index is -1.05. The van der Waals surface area contributed by atoms with Gasteiger partial charge in [0.2, 0.25) is 0 Å². The zero-order chi connectivity index (χ0) is 29.3. The number of benzene rings is 2. The quantitative estimate of drug-likeness (QED) is 0.297. The molecule has 8 nitrogen and oxygen atoms in total. The maximum Gasteiger partial charge on any atom is 0.260 e. The summed E-state index contributed by atoms with van der Waals surface area (Å²) in [6, 6.07) is 23.1. The van der Waals surface area contributed by atoms with Crippen LogP contribution in [0.1, 0.15) is 59.4 Å². The highest BCUT2D eigenvalue weighted by Gasteiger charge is 2.50. The Kier molecular flexibility index (Phi) is 7.29. The van der Waals surface area contributed by atoms with Gasteiger partial charge >= 0.3 is 0 Å². The van der Waals surface area contributed by atoms with Gasteiger partial charge in [-0.3, -0.25) is 29.9 Å². The standard InChI is InChI=1S/C34H34N6O2/c1-23(2)13-14-34(29-12-4-8-25(18-29)27-10-5-15-36-19-27)32(42)40(33(35)38-34)20-24-7-3-9-26(17-24)31(41)39-21-28-11-6-16-37-30(28)22-39/h3-12,15-19,23H,13-14,20-22H2,1-2H3,(H2,35,38). The number of amides is 2. The lowest BCUT2D eigenvalue weighted by Crippen LogP contribution is -2.44. The van der Waals surface area contributed by atoms with Crippen molar-refractivity contribution in [3.8, 4) is 11.1 Å². The SMILES string of the molecule is CC(C)CCC1(c2cccc(-c3cccnc3)c2)NC(=N)N(Cc2cccc(C(=O)N3Cc4cccnc4C3)c2)C1=O. The highest BCUT2D eigenvalue weighted by Crippen LogP contribution is 2.37. The van der Waals surface area contributed by atoms with E-state index < -0.39 is 5.54 Å². The van der Waals surface area contributed by atoms with Crippen LogP contribution in [0.15, 0.2) is 91.4 Å². The number of nitrogens with one attached hydrogen (secondary N) is 2. The normalized spacial score (nSPS) is 18.0. The first-order valence-electron chi connectivity index (χ1n) is 14.3. The van der Waals surface area contributed by atoms with E-state index in [-0.39, 0.29) is 24.3 Å². The summed E-state index contributed by atoms with van der Waals surface area (Å²) < 4.78 is 0. The Labute approximate surface area is 245 Å². The van der Waals surface area contributed by atoms with Gasteiger partial charge in [-0.1, -0.05) is 56.3 Å². The molecule has 2 aliphatic heterocycles. The van der Waals surface area contributed by atoms with Crippen molar-refractivity contribution in [1.29, 1.82) is 5.41 Å². The second-order valence-electron chi connectivity index (χ2n) is 11.5. The average molecular weight is 559 g/mol. The van der Waals surface area contributed by atoms with E-state index in [9.17, 15) is 9.59 Å². The molecule has 0 bridgehead atoms. The van der Waals surface area contributed by atoms with E-state index in [0.29, 0.717) is 31.0 Å². The lowest BCUT2D eigenvalue weighted by molar-refractivity contribution is -0.132. The number of hydrogen-bond acceptors (Lipinski definition) is 5. The van der Waals surface area contributed by atoms with E-state index in [4.69, 9.17) is 5.41 Å². The van der Waals surface area contributed by atoms with E-state index in [0.717, 1.165) is 39.9 Å². The predicted octanol–water partition coefficient (Wildman–Crippen LogP) is 5.50. The van der Waals surface area contributed by atoms with Gasteiger partial charge in [-0.15, -0.1) is 0 Å². The molecule has 2 aromatic carbocycles. The third-order valence-corrected chi connectivity index (χ3v) is 8.15. The molecule has 1 fully saturated rings. The first kappa shape index (κ1) is 27.3. The first-order valence-corrected chi connectivity index (χ1v) is 14.3. The van der Waals surface area contributed by atoms with Crippen LogP contribution in [0.4, 0.5) is 0 Å². The third kappa shape index (κ3) is 5.16. The van der Waals surface area contributed by atoms with Gasteiger partial charge in [0.05, 0.1) is 18.8 Å². The summed E-state index contributed by atoms with van der Waals surface area (Å²) in [4.78, 5) is 39.6. The molecular formula is C34H34N6O2. The Balaban J connectivity index is 1.26. The highest BCUT2D eigenvalue weighted by atomic mass is 16.2. The second-order valence-corrected chi connectivity index (χ2v) is 11.5. The predicted molar refractivity (Wildman–Crippen MR) is 161 cm³/mol. The van der Waals surface area contributed by atoms with Crippen molar-refractivity contribution in [2.75, 3.05) is 0 Å². The number of carbonyl (C=O) groups is 2. The first-order chi connectivity index (χ1) is 20.3. The number of aromatic nitrogens is 2. The number of nitrogens with zero attached hydrogens (tertiary/aromatic N) is 4. The molecule has 212 valence electrons. The summed E-state index contributed by atoms with van der Waals surface area (Å²) in [5.41, 5.74) is 5.04. The van der Waals surface area contributed by atoms with Crippen molar-refractivity contribution in [1.82, 2.24) is 25.1 Å². The third-order valence-electron chi connectivity index (χ3n) is 8.15. The average Bonchev–Trinajstić information content (AvgIpc) is 3.55. The molecule has 2 amide bonds. The van der Waals surface area contributed by atoms with Gasteiger partial charge in [0.15, 0.2) is 5.96 Å². The Morgan fingerprint density at radius 1 is 1.00 bits per heavy atom. The summed E-state index contributed by atoms with van der Waals surface area (Å²) in [6.45, 7) is 5.48. The topological polar surface area (TPSA) is 102 Å². The summed E-state index contributed by atoms with van der Waals surface area (Å²) in [6.07, 6.45) is 6.67. The Hall–Kier alpha value is -4.85. The van der Waals surface area contributed by atoms with E-state index in [2.05, 4.69) is 29.1 Å². The van der Waals surface area contributed by atoms with Crippen LogP contribution in [-0.4, -0.2) is 37.5 Å². The molecular weight excluding hydrogens is 524 g/mol. The van der Waals surface area contributed by atoms with Gasteiger partial charge in [-0.05, 0) is 76.9 Å². The Bertz CT molecular complexity index is 1630. The van der Waals surface area contributed by atoms with Gasteiger partial charge in [0.1, 0.15) is 5.54 Å². The van der Waals surface area contributed by atoms with E-state index >= 15 is 0 Å². The molecule has 42 heavy (non-hydrogen) atoms. The van der Waals surface area contributed by atoms with Crippen LogP contribution in [0, 0.1) is 11.3 Å². The molecule has 4 heterocycles. The number of guanidine groups is 1. The van der Waals surface area contributed by atoms with Crippen LogP contribution in [0.5, 0.6) is 0 Å². The fourth-order valence-corrected chi connectivity index (χ4v) is 5.83. The van der Waals surface area contributed by atoms with Crippen LogP contribution >= 0.6 is 0 Å². The van der Waals surface area contributed by atoms with Crippen LogP contribution in [-0.2, 0) is 30.0 Å². The Morgan fingerprint density at radius 2 is 1.81 bits per heavy atom. The molecule has 0 saturated carbocycles. The largest absolute Gasteiger partial charge is 0.338 e. The molecule has 2 aromatic heterocycles. The maximum absolute atomic E-state index is 14.3. The van der Waals surface area contributed by atoms with E-state index in [1.165, 1.54) is 4.90 Å². The lowest BCUT2D eigenvalue weighted by atomic mass is 9.82. The van der Waals surface area contributed by atoms with E-state index in [1.807, 2.05) is 72.9 Å². The minimum absolute atomic E-state index is 0.0633. The van der Waals surface area contributed by atoms with Crippen molar-refractivity contribution in [2.45, 2.75) is 51.9 Å². The fourth-order valence-electron chi connectivity index (χ4n) is 5.83. The van der Waals surface area contributed by atoms with Crippen molar-refractivity contribution < 1.29 is 9.59 Å². The molecule has 0 aliphatic carbocycles. The number of hydrogen-bond donors (Lipinski definition) is 2. The smallest absolute Gasteiger partial charge is 0.260 e. The van der Waals surface area contributed by atoms with Crippen LogP contribution in [0.25, 0.3) is 11.1 Å². The van der Waals surface area contributed by atoms with E-state index in [1.54, 1.807) is 23.4 Å². The summed E-state index contributed by atoms with van der Waals surface area (Å²) in [7, 11) is 0. The number of pyridine rings is 2. The van der Waals surface area contributed by atoms with Crippen molar-refractivity contribution in [2.24, 2.45) is 5.92 Å². The summed E-state index contributed by atoms with van der Waals surface area (Å²) in [5.74, 6) is 0.216. The van der Waals surface area contributed by atoms with Crippen molar-refractivity contribution in [3.05, 3.63) is 119 Å². The van der Waals surface area contributed by atoms with Gasteiger partial charge in [-0.2, -0.15) is 0 Å². The van der Waals surface area contributed by atoms with Crippen LogP contribution < -0.4 is 5.32 Å². The highest BCUT2D eigenvalue weighted by molar-refractivity contribution is 6.08. The van der Waals surface area contributed by atoms with Gasteiger partial charge in [-0.25, -0.2) is 0 Å².